The van der Waals surface area contributed by atoms with Gasteiger partial charge in [-0.2, -0.15) is 0 Å². The fourth-order valence-electron chi connectivity index (χ4n) is 5.01. The molecule has 5 rings (SSSR count). The summed E-state index contributed by atoms with van der Waals surface area (Å²) in [5.74, 6) is -2.71. The Kier molecular flexibility index (Phi) is 8.89. The molecule has 0 amide bonds. The number of unbranched alkanes of at least 4 members (excludes halogenated alkanes) is 1. The van der Waals surface area contributed by atoms with Crippen LogP contribution in [0.5, 0.6) is 28.7 Å². The van der Waals surface area contributed by atoms with Gasteiger partial charge < -0.3 is 35.1 Å². The van der Waals surface area contributed by atoms with Crippen molar-refractivity contribution in [1.29, 1.82) is 0 Å². The molecular formula is C34H33FN2O7. The fraction of sp³-hybridized carbons (Fsp3) is 0.235. The first-order chi connectivity index (χ1) is 21.3. The van der Waals surface area contributed by atoms with Gasteiger partial charge in [0.2, 0.25) is 11.6 Å². The summed E-state index contributed by atoms with van der Waals surface area (Å²) >= 11 is 0. The SMILES string of the molecule is CCCCOc1c(Nc2ccc(OCC)cc2)c(Nc2ccc(OCC)cc2)c(F)c2c1C(=O)c1c(O)ccc(O)c1C2=O. The van der Waals surface area contributed by atoms with Gasteiger partial charge in [-0.25, -0.2) is 4.39 Å². The Hall–Kier alpha value is -5.25. The maximum atomic E-state index is 16.8. The molecule has 1 aliphatic carbocycles. The lowest BCUT2D eigenvalue weighted by atomic mass is 9.81. The summed E-state index contributed by atoms with van der Waals surface area (Å²) in [4.78, 5) is 27.8. The standard InChI is InChI=1S/C34H33FN2O7/c1-4-7-18-44-34-28-27(32(40)25-23(38)16-17-24(39)26(25)33(28)41)29(35)30(36-19-8-12-21(13-9-19)42-5-2)31(34)37-20-10-14-22(15-11-20)43-6-3/h8-17,36-39H,4-7,18H2,1-3H3. The molecule has 4 aromatic carbocycles. The molecule has 10 heteroatoms. The van der Waals surface area contributed by atoms with Crippen molar-refractivity contribution in [2.24, 2.45) is 0 Å². The van der Waals surface area contributed by atoms with Crippen molar-refractivity contribution >= 4 is 34.3 Å². The van der Waals surface area contributed by atoms with E-state index in [1.54, 1.807) is 48.5 Å². The minimum absolute atomic E-state index is 0.0658. The third kappa shape index (κ3) is 5.70. The number of carbonyl (C=O) groups excluding carboxylic acids is 2. The lowest BCUT2D eigenvalue weighted by Gasteiger charge is -2.27. The van der Waals surface area contributed by atoms with Crippen molar-refractivity contribution in [2.75, 3.05) is 30.5 Å². The van der Waals surface area contributed by atoms with E-state index in [4.69, 9.17) is 14.2 Å². The average molecular weight is 601 g/mol. The number of nitrogens with one attached hydrogen (secondary N) is 2. The van der Waals surface area contributed by atoms with Crippen molar-refractivity contribution in [2.45, 2.75) is 33.6 Å². The molecule has 0 unspecified atom stereocenters. The molecule has 0 heterocycles. The first kappa shape index (κ1) is 30.2. The molecule has 9 nitrogen and oxygen atoms in total. The maximum absolute atomic E-state index is 16.8. The van der Waals surface area contributed by atoms with Gasteiger partial charge in [-0.05, 0) is 80.9 Å². The number of fused-ring (bicyclic) bond motifs is 2. The monoisotopic (exact) mass is 600 g/mol. The quantitative estimate of drug-likeness (QED) is 0.0852. The number of carbonyl (C=O) groups is 2. The smallest absolute Gasteiger partial charge is 0.202 e. The van der Waals surface area contributed by atoms with E-state index in [1.165, 1.54) is 0 Å². The Bertz CT molecular complexity index is 1700. The van der Waals surface area contributed by atoms with Crippen LogP contribution in [-0.2, 0) is 0 Å². The van der Waals surface area contributed by atoms with Crippen LogP contribution in [0.15, 0.2) is 60.7 Å². The van der Waals surface area contributed by atoms with E-state index in [0.29, 0.717) is 42.5 Å². The zero-order chi connectivity index (χ0) is 31.4. The van der Waals surface area contributed by atoms with Crippen molar-refractivity contribution in [3.63, 3.8) is 0 Å². The fourth-order valence-corrected chi connectivity index (χ4v) is 5.01. The van der Waals surface area contributed by atoms with Gasteiger partial charge >= 0.3 is 0 Å². The molecular weight excluding hydrogens is 567 g/mol. The summed E-state index contributed by atoms with van der Waals surface area (Å²) in [5, 5.41) is 27.3. The summed E-state index contributed by atoms with van der Waals surface area (Å²) in [6.45, 7) is 6.81. The minimum atomic E-state index is -1.03. The van der Waals surface area contributed by atoms with E-state index in [1.807, 2.05) is 20.8 Å². The van der Waals surface area contributed by atoms with E-state index >= 15 is 4.39 Å². The van der Waals surface area contributed by atoms with E-state index in [-0.39, 0.29) is 29.3 Å². The zero-order valence-electron chi connectivity index (χ0n) is 24.6. The number of aromatic hydroxyl groups is 2. The molecule has 0 atom stereocenters. The topological polar surface area (TPSA) is 126 Å². The molecule has 0 saturated carbocycles. The number of hydrogen-bond acceptors (Lipinski definition) is 9. The summed E-state index contributed by atoms with van der Waals surface area (Å²) in [5.41, 5.74) is -0.891. The molecule has 228 valence electrons. The van der Waals surface area contributed by atoms with Gasteiger partial charge in [-0.1, -0.05) is 13.3 Å². The number of hydrogen-bond donors (Lipinski definition) is 4. The Morgan fingerprint density at radius 3 is 1.59 bits per heavy atom. The lowest BCUT2D eigenvalue weighted by Crippen LogP contribution is -2.25. The maximum Gasteiger partial charge on any atom is 0.202 e. The van der Waals surface area contributed by atoms with Crippen molar-refractivity contribution in [1.82, 2.24) is 0 Å². The number of rotatable bonds is 12. The second kappa shape index (κ2) is 12.9. The van der Waals surface area contributed by atoms with Gasteiger partial charge in [0, 0.05) is 11.4 Å². The van der Waals surface area contributed by atoms with Gasteiger partial charge in [0.05, 0.1) is 42.1 Å². The summed E-state index contributed by atoms with van der Waals surface area (Å²) in [6.07, 6.45) is 1.38. The van der Waals surface area contributed by atoms with Gasteiger partial charge in [0.1, 0.15) is 34.4 Å². The summed E-state index contributed by atoms with van der Waals surface area (Å²) in [6, 6.07) is 15.9. The normalized spacial score (nSPS) is 11.9. The number of phenols is 2. The highest BCUT2D eigenvalue weighted by atomic mass is 19.1. The van der Waals surface area contributed by atoms with Gasteiger partial charge in [-0.15, -0.1) is 0 Å². The van der Waals surface area contributed by atoms with Gasteiger partial charge in [0.15, 0.2) is 11.6 Å². The Balaban J connectivity index is 1.75. The minimum Gasteiger partial charge on any atom is -0.507 e. The second-order valence-corrected chi connectivity index (χ2v) is 10.0. The molecule has 0 aliphatic heterocycles. The molecule has 4 N–H and O–H groups in total. The third-order valence-corrected chi connectivity index (χ3v) is 7.08. The molecule has 4 aromatic rings. The van der Waals surface area contributed by atoms with Crippen LogP contribution < -0.4 is 24.8 Å². The highest BCUT2D eigenvalue weighted by molar-refractivity contribution is 6.32. The molecule has 0 spiro atoms. The number of ketones is 2. The predicted molar refractivity (Wildman–Crippen MR) is 165 cm³/mol. The number of phenolic OH excluding ortho intramolecular Hbond substituents is 2. The van der Waals surface area contributed by atoms with Crippen LogP contribution in [0, 0.1) is 5.82 Å². The van der Waals surface area contributed by atoms with Crippen molar-refractivity contribution in [3.8, 4) is 28.7 Å². The Labute approximate surface area is 254 Å². The molecule has 0 radical (unpaired) electrons. The summed E-state index contributed by atoms with van der Waals surface area (Å²) < 4.78 is 34.0. The first-order valence-corrected chi connectivity index (χ1v) is 14.4. The van der Waals surface area contributed by atoms with E-state index < -0.39 is 45.6 Å². The van der Waals surface area contributed by atoms with Crippen LogP contribution in [0.1, 0.15) is 65.5 Å². The van der Waals surface area contributed by atoms with E-state index in [9.17, 15) is 19.8 Å². The second-order valence-electron chi connectivity index (χ2n) is 10.0. The van der Waals surface area contributed by atoms with Gasteiger partial charge in [0.25, 0.3) is 0 Å². The third-order valence-electron chi connectivity index (χ3n) is 7.08. The highest BCUT2D eigenvalue weighted by Crippen LogP contribution is 2.49. The summed E-state index contributed by atoms with van der Waals surface area (Å²) in [7, 11) is 0. The molecule has 0 saturated heterocycles. The van der Waals surface area contributed by atoms with Crippen molar-refractivity contribution in [3.05, 3.63) is 88.7 Å². The highest BCUT2D eigenvalue weighted by Gasteiger charge is 2.42. The zero-order valence-corrected chi connectivity index (χ0v) is 24.6. The number of ether oxygens (including phenoxy) is 3. The average Bonchev–Trinajstić information content (AvgIpc) is 3.01. The number of halogens is 1. The molecule has 0 aromatic heterocycles. The molecule has 44 heavy (non-hydrogen) atoms. The molecule has 1 aliphatic rings. The largest absolute Gasteiger partial charge is 0.507 e. The van der Waals surface area contributed by atoms with Crippen LogP contribution in [0.4, 0.5) is 27.1 Å². The molecule has 0 fully saturated rings. The number of benzene rings is 4. The van der Waals surface area contributed by atoms with Crippen LogP contribution in [-0.4, -0.2) is 41.6 Å². The van der Waals surface area contributed by atoms with Gasteiger partial charge in [-0.3, -0.25) is 9.59 Å². The predicted octanol–water partition coefficient (Wildman–Crippen LogP) is 7.48. The van der Waals surface area contributed by atoms with Crippen LogP contribution in [0.3, 0.4) is 0 Å². The lowest BCUT2D eigenvalue weighted by molar-refractivity contribution is 0.0967. The van der Waals surface area contributed by atoms with Crippen LogP contribution in [0.25, 0.3) is 0 Å². The van der Waals surface area contributed by atoms with Crippen LogP contribution in [0.2, 0.25) is 0 Å². The van der Waals surface area contributed by atoms with E-state index in [2.05, 4.69) is 10.6 Å². The van der Waals surface area contributed by atoms with E-state index in [0.717, 1.165) is 18.6 Å². The Morgan fingerprint density at radius 2 is 1.11 bits per heavy atom. The van der Waals surface area contributed by atoms with Crippen molar-refractivity contribution < 1.29 is 38.4 Å². The Morgan fingerprint density at radius 1 is 0.636 bits per heavy atom. The van der Waals surface area contributed by atoms with Crippen LogP contribution >= 0.6 is 0 Å². The molecule has 0 bridgehead atoms. The first-order valence-electron chi connectivity index (χ1n) is 14.4. The number of anilines is 4.